The molecule has 1 aromatic rings. The Balaban J connectivity index is 2.93. The van der Waals surface area contributed by atoms with Crippen molar-refractivity contribution in [1.82, 2.24) is 14.7 Å². The van der Waals surface area contributed by atoms with E-state index >= 15 is 0 Å². The molecular formula is C11H20ClN3O2. The van der Waals surface area contributed by atoms with E-state index in [1.165, 1.54) is 0 Å². The van der Waals surface area contributed by atoms with E-state index in [0.717, 1.165) is 6.54 Å². The summed E-state index contributed by atoms with van der Waals surface area (Å²) in [6.07, 6.45) is 1.55. The van der Waals surface area contributed by atoms with Gasteiger partial charge in [0.1, 0.15) is 5.60 Å². The lowest BCUT2D eigenvalue weighted by molar-refractivity contribution is -0.0272. The number of nitrogens with zero attached hydrogens (tertiary/aromatic N) is 3. The molecule has 0 fully saturated rings. The Morgan fingerprint density at radius 1 is 1.59 bits per heavy atom. The highest BCUT2D eigenvalue weighted by atomic mass is 35.5. The topological polar surface area (TPSA) is 50.5 Å². The maximum absolute atomic E-state index is 10.3. The average molecular weight is 262 g/mol. The molecule has 0 bridgehead atoms. The molecule has 1 N–H and O–H groups in total. The molecule has 0 aliphatic heterocycles. The SMILES string of the molecule is COCC(C)(O)c1c(Cl)cnn1CCN(C)C. The Bertz CT molecular complexity index is 364. The summed E-state index contributed by atoms with van der Waals surface area (Å²) in [5.74, 6) is 0. The van der Waals surface area contributed by atoms with Gasteiger partial charge in [-0.25, -0.2) is 0 Å². The van der Waals surface area contributed by atoms with Gasteiger partial charge in [-0.1, -0.05) is 11.6 Å². The van der Waals surface area contributed by atoms with Gasteiger partial charge in [0.15, 0.2) is 0 Å². The van der Waals surface area contributed by atoms with Crippen LogP contribution in [-0.2, 0) is 16.9 Å². The Kier molecular flexibility index (Phi) is 4.94. The molecule has 0 aliphatic rings. The molecule has 1 unspecified atom stereocenters. The molecule has 0 saturated carbocycles. The van der Waals surface area contributed by atoms with E-state index in [1.54, 1.807) is 24.9 Å². The highest BCUT2D eigenvalue weighted by Crippen LogP contribution is 2.28. The average Bonchev–Trinajstić information content (AvgIpc) is 2.57. The number of aromatic nitrogens is 2. The van der Waals surface area contributed by atoms with E-state index in [-0.39, 0.29) is 6.61 Å². The molecule has 0 amide bonds. The molecule has 1 heterocycles. The molecule has 1 atom stereocenters. The summed E-state index contributed by atoms with van der Waals surface area (Å²) in [7, 11) is 5.51. The van der Waals surface area contributed by atoms with Crippen molar-refractivity contribution in [3.8, 4) is 0 Å². The Morgan fingerprint density at radius 2 is 2.24 bits per heavy atom. The van der Waals surface area contributed by atoms with Crippen molar-refractivity contribution in [1.29, 1.82) is 0 Å². The van der Waals surface area contributed by atoms with Gasteiger partial charge in [0.25, 0.3) is 0 Å². The third kappa shape index (κ3) is 3.67. The Hall–Kier alpha value is -0.620. The summed E-state index contributed by atoms with van der Waals surface area (Å²) in [4.78, 5) is 2.05. The van der Waals surface area contributed by atoms with Crippen molar-refractivity contribution < 1.29 is 9.84 Å². The van der Waals surface area contributed by atoms with Gasteiger partial charge in [-0.15, -0.1) is 0 Å². The number of aliphatic hydroxyl groups is 1. The molecule has 5 nitrogen and oxygen atoms in total. The van der Waals surface area contributed by atoms with Crippen molar-refractivity contribution >= 4 is 11.6 Å². The van der Waals surface area contributed by atoms with Crippen LogP contribution in [0.4, 0.5) is 0 Å². The van der Waals surface area contributed by atoms with Gasteiger partial charge >= 0.3 is 0 Å². The predicted octanol–water partition coefficient (Wildman–Crippen LogP) is 0.952. The fourth-order valence-corrected chi connectivity index (χ4v) is 2.06. The second-order valence-corrected chi connectivity index (χ2v) is 4.98. The van der Waals surface area contributed by atoms with Gasteiger partial charge in [-0.05, 0) is 21.0 Å². The molecule has 17 heavy (non-hydrogen) atoms. The van der Waals surface area contributed by atoms with Crippen LogP contribution < -0.4 is 0 Å². The number of ether oxygens (including phenoxy) is 1. The van der Waals surface area contributed by atoms with Crippen LogP contribution in [0.1, 0.15) is 12.6 Å². The van der Waals surface area contributed by atoms with Gasteiger partial charge in [-0.3, -0.25) is 4.68 Å². The van der Waals surface area contributed by atoms with E-state index < -0.39 is 5.60 Å². The number of halogens is 1. The molecule has 6 heteroatoms. The zero-order chi connectivity index (χ0) is 13.1. The second kappa shape index (κ2) is 5.82. The van der Waals surface area contributed by atoms with Crippen LogP contribution in [0.2, 0.25) is 5.02 Å². The Labute approximate surface area is 107 Å². The number of likely N-dealkylation sites (N-methyl/N-ethyl adjacent to an activating group) is 1. The van der Waals surface area contributed by atoms with Gasteiger partial charge in [0, 0.05) is 13.7 Å². The first-order valence-electron chi connectivity index (χ1n) is 5.46. The summed E-state index contributed by atoms with van der Waals surface area (Å²) in [6, 6.07) is 0. The molecule has 0 radical (unpaired) electrons. The van der Waals surface area contributed by atoms with Gasteiger partial charge in [-0.2, -0.15) is 5.10 Å². The molecular weight excluding hydrogens is 242 g/mol. The Morgan fingerprint density at radius 3 is 2.76 bits per heavy atom. The zero-order valence-electron chi connectivity index (χ0n) is 10.8. The lowest BCUT2D eigenvalue weighted by atomic mass is 10.0. The van der Waals surface area contributed by atoms with Crippen LogP contribution in [-0.4, -0.2) is 54.1 Å². The summed E-state index contributed by atoms with van der Waals surface area (Å²) in [5.41, 5.74) is -0.530. The van der Waals surface area contributed by atoms with Crippen molar-refractivity contribution in [2.24, 2.45) is 0 Å². The fraction of sp³-hybridized carbons (Fsp3) is 0.727. The maximum atomic E-state index is 10.3. The number of hydrogen-bond acceptors (Lipinski definition) is 4. The smallest absolute Gasteiger partial charge is 0.128 e. The molecule has 98 valence electrons. The normalized spacial score (nSPS) is 15.2. The molecule has 1 rings (SSSR count). The minimum Gasteiger partial charge on any atom is -0.381 e. The number of hydrogen-bond donors (Lipinski definition) is 1. The lowest BCUT2D eigenvalue weighted by Crippen LogP contribution is -2.32. The van der Waals surface area contributed by atoms with Crippen LogP contribution >= 0.6 is 11.6 Å². The third-order valence-corrected chi connectivity index (χ3v) is 2.77. The zero-order valence-corrected chi connectivity index (χ0v) is 11.5. The van der Waals surface area contributed by atoms with Crippen molar-refractivity contribution in [2.45, 2.75) is 19.1 Å². The third-order valence-electron chi connectivity index (χ3n) is 2.49. The molecule has 0 aliphatic carbocycles. The number of rotatable bonds is 6. The van der Waals surface area contributed by atoms with E-state index in [4.69, 9.17) is 16.3 Å². The van der Waals surface area contributed by atoms with Gasteiger partial charge in [0.2, 0.25) is 0 Å². The van der Waals surface area contributed by atoms with E-state index in [0.29, 0.717) is 17.3 Å². The lowest BCUT2D eigenvalue weighted by Gasteiger charge is -2.24. The van der Waals surface area contributed by atoms with E-state index in [9.17, 15) is 5.11 Å². The summed E-state index contributed by atoms with van der Waals surface area (Å²) in [5, 5.41) is 15.0. The highest BCUT2D eigenvalue weighted by Gasteiger charge is 2.30. The van der Waals surface area contributed by atoms with Gasteiger partial charge < -0.3 is 14.7 Å². The van der Waals surface area contributed by atoms with Crippen LogP contribution in [0.5, 0.6) is 0 Å². The standard InChI is InChI=1S/C11H20ClN3O2/c1-11(16,8-17-4)10-9(12)7-13-15(10)6-5-14(2)3/h7,16H,5-6,8H2,1-4H3. The van der Waals surface area contributed by atoms with Crippen molar-refractivity contribution in [3.05, 3.63) is 16.9 Å². The van der Waals surface area contributed by atoms with Crippen LogP contribution in [0.3, 0.4) is 0 Å². The fourth-order valence-electron chi connectivity index (χ4n) is 1.71. The molecule has 0 aromatic carbocycles. The first kappa shape index (κ1) is 14.4. The first-order valence-corrected chi connectivity index (χ1v) is 5.84. The van der Waals surface area contributed by atoms with Crippen LogP contribution in [0.15, 0.2) is 6.20 Å². The number of methoxy groups -OCH3 is 1. The summed E-state index contributed by atoms with van der Waals surface area (Å²) >= 11 is 6.07. The van der Waals surface area contributed by atoms with Gasteiger partial charge in [0.05, 0.1) is 30.1 Å². The summed E-state index contributed by atoms with van der Waals surface area (Å²) < 4.78 is 6.73. The quantitative estimate of drug-likeness (QED) is 0.829. The monoisotopic (exact) mass is 261 g/mol. The summed E-state index contributed by atoms with van der Waals surface area (Å²) in [6.45, 7) is 3.36. The minimum absolute atomic E-state index is 0.181. The van der Waals surface area contributed by atoms with E-state index in [1.807, 2.05) is 19.0 Å². The first-order chi connectivity index (χ1) is 7.88. The second-order valence-electron chi connectivity index (χ2n) is 4.57. The van der Waals surface area contributed by atoms with Crippen molar-refractivity contribution in [3.63, 3.8) is 0 Å². The molecule has 0 saturated heterocycles. The largest absolute Gasteiger partial charge is 0.381 e. The molecule has 1 aromatic heterocycles. The predicted molar refractivity (Wildman–Crippen MR) is 67.2 cm³/mol. The maximum Gasteiger partial charge on any atom is 0.128 e. The highest BCUT2D eigenvalue weighted by molar-refractivity contribution is 6.31. The van der Waals surface area contributed by atoms with E-state index in [2.05, 4.69) is 5.10 Å². The molecule has 0 spiro atoms. The minimum atomic E-state index is -1.13. The van der Waals surface area contributed by atoms with Crippen LogP contribution in [0.25, 0.3) is 0 Å². The van der Waals surface area contributed by atoms with Crippen LogP contribution in [0, 0.1) is 0 Å². The van der Waals surface area contributed by atoms with Crippen molar-refractivity contribution in [2.75, 3.05) is 34.4 Å².